The van der Waals surface area contributed by atoms with E-state index >= 15 is 0 Å². The highest BCUT2D eigenvalue weighted by Crippen LogP contribution is 2.27. The van der Waals surface area contributed by atoms with E-state index < -0.39 is 10.0 Å². The average molecular weight is 441 g/mol. The first-order chi connectivity index (χ1) is 14.5. The summed E-state index contributed by atoms with van der Waals surface area (Å²) in [6.07, 6.45) is 4.71. The van der Waals surface area contributed by atoms with Crippen molar-refractivity contribution in [2.24, 2.45) is 5.10 Å². The number of anilines is 1. The molecular weight excluding hydrogens is 416 g/mol. The fourth-order valence-corrected chi connectivity index (χ4v) is 5.51. The van der Waals surface area contributed by atoms with Gasteiger partial charge in [-0.25, -0.2) is 13.4 Å². The molecule has 0 atom stereocenters. The van der Waals surface area contributed by atoms with Gasteiger partial charge in [-0.1, -0.05) is 48.4 Å². The molecule has 0 saturated carbocycles. The smallest absolute Gasteiger partial charge is 0.243 e. The Hall–Kier alpha value is -2.55. The maximum absolute atomic E-state index is 12.8. The zero-order chi connectivity index (χ0) is 21.0. The van der Waals surface area contributed by atoms with Crippen molar-refractivity contribution >= 4 is 32.7 Å². The van der Waals surface area contributed by atoms with Gasteiger partial charge in [-0.2, -0.15) is 9.41 Å². The monoisotopic (exact) mass is 440 g/mol. The molecule has 0 spiro atoms. The van der Waals surface area contributed by atoms with Crippen molar-refractivity contribution in [2.75, 3.05) is 18.5 Å². The van der Waals surface area contributed by atoms with Gasteiger partial charge in [-0.3, -0.25) is 5.43 Å². The lowest BCUT2D eigenvalue weighted by Crippen LogP contribution is -2.35. The Labute approximate surface area is 181 Å². The molecule has 3 aromatic rings. The SMILES string of the molecule is Cc1ccc(/C=N/Nc2nc(-c3ccc(S(=O)(=O)N4CCCCC4)cc3)cs2)cc1. The number of hydrazone groups is 1. The maximum atomic E-state index is 12.8. The molecule has 1 aromatic heterocycles. The largest absolute Gasteiger partial charge is 0.253 e. The Balaban J connectivity index is 1.42. The Kier molecular flexibility index (Phi) is 6.26. The molecule has 2 heterocycles. The van der Waals surface area contributed by atoms with Gasteiger partial charge in [0, 0.05) is 24.0 Å². The van der Waals surface area contributed by atoms with Crippen LogP contribution in [0.3, 0.4) is 0 Å². The minimum Gasteiger partial charge on any atom is -0.253 e. The van der Waals surface area contributed by atoms with Crippen LogP contribution in [0.2, 0.25) is 0 Å². The van der Waals surface area contributed by atoms with E-state index in [0.717, 1.165) is 36.1 Å². The van der Waals surface area contributed by atoms with Crippen LogP contribution in [0.5, 0.6) is 0 Å². The number of rotatable bonds is 6. The predicted octanol–water partition coefficient (Wildman–Crippen LogP) is 4.74. The molecule has 0 amide bonds. The molecule has 30 heavy (non-hydrogen) atoms. The lowest BCUT2D eigenvalue weighted by Gasteiger charge is -2.25. The van der Waals surface area contributed by atoms with Crippen molar-refractivity contribution in [3.8, 4) is 11.3 Å². The van der Waals surface area contributed by atoms with Gasteiger partial charge in [0.2, 0.25) is 15.2 Å². The van der Waals surface area contributed by atoms with E-state index in [1.807, 2.05) is 48.7 Å². The van der Waals surface area contributed by atoms with Crippen LogP contribution in [0, 0.1) is 6.92 Å². The summed E-state index contributed by atoms with van der Waals surface area (Å²) in [4.78, 5) is 4.88. The van der Waals surface area contributed by atoms with E-state index in [1.54, 1.807) is 22.7 Å². The summed E-state index contributed by atoms with van der Waals surface area (Å²) in [5.74, 6) is 0. The van der Waals surface area contributed by atoms with Crippen LogP contribution in [0.15, 0.2) is 63.9 Å². The summed E-state index contributed by atoms with van der Waals surface area (Å²) in [7, 11) is -3.41. The third kappa shape index (κ3) is 4.77. The van der Waals surface area contributed by atoms with Gasteiger partial charge in [0.15, 0.2) is 0 Å². The van der Waals surface area contributed by atoms with E-state index in [1.165, 1.54) is 16.9 Å². The highest BCUT2D eigenvalue weighted by Gasteiger charge is 2.25. The van der Waals surface area contributed by atoms with Crippen LogP contribution in [-0.2, 0) is 10.0 Å². The zero-order valence-corrected chi connectivity index (χ0v) is 18.4. The number of nitrogens with zero attached hydrogens (tertiary/aromatic N) is 3. The summed E-state index contributed by atoms with van der Waals surface area (Å²) in [5, 5.41) is 6.84. The first kappa shape index (κ1) is 20.7. The van der Waals surface area contributed by atoms with Gasteiger partial charge >= 0.3 is 0 Å². The standard InChI is InChI=1S/C22H24N4O2S2/c1-17-5-7-18(8-6-17)15-23-25-22-24-21(16-29-22)19-9-11-20(12-10-19)30(27,28)26-13-3-2-4-14-26/h5-12,15-16H,2-4,13-14H2,1H3,(H,24,25)/b23-15+. The second-order valence-electron chi connectivity index (χ2n) is 7.31. The molecule has 0 unspecified atom stereocenters. The molecule has 1 saturated heterocycles. The molecule has 0 aliphatic carbocycles. The lowest BCUT2D eigenvalue weighted by atomic mass is 10.2. The molecule has 1 fully saturated rings. The third-order valence-corrected chi connectivity index (χ3v) is 7.72. The van der Waals surface area contributed by atoms with Gasteiger partial charge in [0.05, 0.1) is 16.8 Å². The van der Waals surface area contributed by atoms with Crippen LogP contribution in [0.25, 0.3) is 11.3 Å². The lowest BCUT2D eigenvalue weighted by molar-refractivity contribution is 0.346. The van der Waals surface area contributed by atoms with Crippen molar-refractivity contribution in [3.63, 3.8) is 0 Å². The number of benzene rings is 2. The highest BCUT2D eigenvalue weighted by molar-refractivity contribution is 7.89. The molecule has 6 nitrogen and oxygen atoms in total. The highest BCUT2D eigenvalue weighted by atomic mass is 32.2. The summed E-state index contributed by atoms with van der Waals surface area (Å²) in [6.45, 7) is 3.26. The summed E-state index contributed by atoms with van der Waals surface area (Å²) < 4.78 is 27.1. The van der Waals surface area contributed by atoms with Gasteiger partial charge in [-0.05, 0) is 37.5 Å². The minimum absolute atomic E-state index is 0.337. The Morgan fingerprint density at radius 3 is 2.43 bits per heavy atom. The third-order valence-electron chi connectivity index (χ3n) is 5.06. The minimum atomic E-state index is -3.41. The van der Waals surface area contributed by atoms with Gasteiger partial charge in [0.25, 0.3) is 0 Å². The second-order valence-corrected chi connectivity index (χ2v) is 10.1. The van der Waals surface area contributed by atoms with Crippen molar-refractivity contribution < 1.29 is 8.42 Å². The summed E-state index contributed by atoms with van der Waals surface area (Å²) in [6, 6.07) is 15.1. The maximum Gasteiger partial charge on any atom is 0.243 e. The Morgan fingerprint density at radius 1 is 1.03 bits per heavy atom. The fraction of sp³-hybridized carbons (Fsp3) is 0.273. The quantitative estimate of drug-likeness (QED) is 0.444. The zero-order valence-electron chi connectivity index (χ0n) is 16.8. The molecule has 0 radical (unpaired) electrons. The molecule has 156 valence electrons. The van der Waals surface area contributed by atoms with Crippen molar-refractivity contribution in [2.45, 2.75) is 31.1 Å². The number of sulfonamides is 1. The molecule has 1 N–H and O–H groups in total. The number of hydrogen-bond donors (Lipinski definition) is 1. The molecule has 4 rings (SSSR count). The van der Waals surface area contributed by atoms with Crippen molar-refractivity contribution in [3.05, 3.63) is 65.0 Å². The van der Waals surface area contributed by atoms with Crippen LogP contribution in [0.1, 0.15) is 30.4 Å². The number of piperidine rings is 1. The number of nitrogens with one attached hydrogen (secondary N) is 1. The van der Waals surface area contributed by atoms with Gasteiger partial charge < -0.3 is 0 Å². The number of hydrogen-bond acceptors (Lipinski definition) is 6. The van der Waals surface area contributed by atoms with E-state index in [0.29, 0.717) is 23.1 Å². The van der Waals surface area contributed by atoms with Crippen molar-refractivity contribution in [1.29, 1.82) is 0 Å². The van der Waals surface area contributed by atoms with E-state index in [9.17, 15) is 8.42 Å². The number of thiazole rings is 1. The Bertz CT molecular complexity index is 1110. The van der Waals surface area contributed by atoms with Gasteiger partial charge in [0.1, 0.15) is 0 Å². The van der Waals surface area contributed by atoms with Crippen LogP contribution >= 0.6 is 11.3 Å². The molecule has 1 aliphatic rings. The van der Waals surface area contributed by atoms with E-state index in [4.69, 9.17) is 0 Å². The second kappa shape index (κ2) is 9.07. The van der Waals surface area contributed by atoms with Gasteiger partial charge in [-0.15, -0.1) is 11.3 Å². The van der Waals surface area contributed by atoms with Crippen LogP contribution in [-0.4, -0.2) is 37.0 Å². The summed E-state index contributed by atoms with van der Waals surface area (Å²) in [5.41, 5.74) is 6.83. The van der Waals surface area contributed by atoms with E-state index in [-0.39, 0.29) is 0 Å². The van der Waals surface area contributed by atoms with Crippen LogP contribution < -0.4 is 5.43 Å². The fourth-order valence-electron chi connectivity index (χ4n) is 3.32. The first-order valence-electron chi connectivity index (χ1n) is 9.94. The molecule has 1 aliphatic heterocycles. The Morgan fingerprint density at radius 2 is 1.73 bits per heavy atom. The van der Waals surface area contributed by atoms with E-state index in [2.05, 4.69) is 15.5 Å². The normalized spacial score (nSPS) is 15.5. The first-order valence-corrected chi connectivity index (χ1v) is 12.3. The molecular formula is C22H24N4O2S2. The molecule has 2 aromatic carbocycles. The number of aryl methyl sites for hydroxylation is 1. The molecule has 8 heteroatoms. The predicted molar refractivity (Wildman–Crippen MR) is 123 cm³/mol. The van der Waals surface area contributed by atoms with Crippen LogP contribution in [0.4, 0.5) is 5.13 Å². The molecule has 0 bridgehead atoms. The van der Waals surface area contributed by atoms with Crippen molar-refractivity contribution in [1.82, 2.24) is 9.29 Å². The topological polar surface area (TPSA) is 74.7 Å². The number of aromatic nitrogens is 1. The summed E-state index contributed by atoms with van der Waals surface area (Å²) >= 11 is 1.45. The average Bonchev–Trinajstić information content (AvgIpc) is 3.25.